The number of carbonyl (C=O) groups excluding carboxylic acids is 1. The zero-order chi connectivity index (χ0) is 8.43. The predicted molar refractivity (Wildman–Crippen MR) is 28.5 cm³/mol. The van der Waals surface area contributed by atoms with Gasteiger partial charge in [-0.2, -0.15) is 4.39 Å². The van der Waals surface area contributed by atoms with Crippen molar-refractivity contribution in [3.05, 3.63) is 29.6 Å². The predicted octanol–water partition coefficient (Wildman–Crippen LogP) is -0.277. The molecule has 0 saturated heterocycles. The van der Waals surface area contributed by atoms with E-state index in [1.54, 1.807) is 0 Å². The van der Waals surface area contributed by atoms with E-state index in [9.17, 15) is 18.7 Å². The van der Waals surface area contributed by atoms with Gasteiger partial charge in [-0.05, 0) is 6.07 Å². The van der Waals surface area contributed by atoms with Crippen LogP contribution < -0.4 is 5.11 Å². The van der Waals surface area contributed by atoms with E-state index in [1.165, 1.54) is 0 Å². The maximum absolute atomic E-state index is 12.2. The van der Waals surface area contributed by atoms with Crippen LogP contribution in [0.25, 0.3) is 0 Å². The van der Waals surface area contributed by atoms with E-state index in [0.717, 1.165) is 0 Å². The van der Waals surface area contributed by atoms with Gasteiger partial charge in [-0.1, -0.05) is 0 Å². The Morgan fingerprint density at radius 1 is 1.55 bits per heavy atom. The molecule has 1 aromatic heterocycles. The molecule has 0 atom stereocenters. The minimum atomic E-state index is -1.59. The fourth-order valence-corrected chi connectivity index (χ4v) is 0.533. The van der Waals surface area contributed by atoms with Crippen LogP contribution in [-0.4, -0.2) is 11.0 Å². The average Bonchev–Trinajstić information content (AvgIpc) is 1.94. The third-order valence-corrected chi connectivity index (χ3v) is 1.03. The maximum atomic E-state index is 12.2. The standard InChI is InChI=1S/C6H3F2NO2/c7-4-1-3(6(10)11)2-9-5(4)8/h1-2H,(H,10,11)/p-1. The number of carboxylic acid groups (broad SMARTS) is 1. The molecule has 58 valence electrons. The molecular weight excluding hydrogens is 156 g/mol. The summed E-state index contributed by atoms with van der Waals surface area (Å²) in [6.45, 7) is 0. The Morgan fingerprint density at radius 2 is 2.18 bits per heavy atom. The van der Waals surface area contributed by atoms with Crippen LogP contribution in [0.2, 0.25) is 0 Å². The van der Waals surface area contributed by atoms with Gasteiger partial charge in [0.15, 0.2) is 5.82 Å². The molecule has 0 aliphatic heterocycles. The minimum absolute atomic E-state index is 0.483. The Hall–Kier alpha value is -1.52. The molecule has 1 rings (SSSR count). The van der Waals surface area contributed by atoms with Crippen molar-refractivity contribution in [3.8, 4) is 0 Å². The van der Waals surface area contributed by atoms with Crippen molar-refractivity contribution in [2.75, 3.05) is 0 Å². The summed E-state index contributed by atoms with van der Waals surface area (Å²) >= 11 is 0. The summed E-state index contributed by atoms with van der Waals surface area (Å²) in [5.41, 5.74) is -0.483. The first kappa shape index (κ1) is 7.59. The maximum Gasteiger partial charge on any atom is 0.248 e. The number of aromatic nitrogens is 1. The molecule has 0 aliphatic rings. The Kier molecular flexibility index (Phi) is 1.80. The molecule has 0 saturated carbocycles. The highest BCUT2D eigenvalue weighted by molar-refractivity contribution is 5.85. The smallest absolute Gasteiger partial charge is 0.248 e. The third kappa shape index (κ3) is 1.49. The molecule has 0 amide bonds. The number of rotatable bonds is 1. The second-order valence-corrected chi connectivity index (χ2v) is 1.78. The first-order chi connectivity index (χ1) is 5.11. The van der Waals surface area contributed by atoms with Crippen LogP contribution in [0.4, 0.5) is 8.78 Å². The third-order valence-electron chi connectivity index (χ3n) is 1.03. The van der Waals surface area contributed by atoms with Gasteiger partial charge in [0, 0.05) is 11.8 Å². The number of carbonyl (C=O) groups is 1. The number of nitrogens with zero attached hydrogens (tertiary/aromatic N) is 1. The largest absolute Gasteiger partial charge is 0.545 e. The highest BCUT2D eigenvalue weighted by Crippen LogP contribution is 2.03. The lowest BCUT2D eigenvalue weighted by molar-refractivity contribution is -0.255. The van der Waals surface area contributed by atoms with Gasteiger partial charge in [0.1, 0.15) is 0 Å². The average molecular weight is 158 g/mol. The fraction of sp³-hybridized carbons (Fsp3) is 0. The van der Waals surface area contributed by atoms with Gasteiger partial charge in [0.25, 0.3) is 0 Å². The van der Waals surface area contributed by atoms with Crippen LogP contribution >= 0.6 is 0 Å². The summed E-state index contributed by atoms with van der Waals surface area (Å²) in [7, 11) is 0. The van der Waals surface area contributed by atoms with Crippen LogP contribution in [0.5, 0.6) is 0 Å². The van der Waals surface area contributed by atoms with Crippen LogP contribution in [0.15, 0.2) is 12.3 Å². The van der Waals surface area contributed by atoms with E-state index >= 15 is 0 Å². The molecule has 0 spiro atoms. The molecule has 0 fully saturated rings. The molecule has 11 heavy (non-hydrogen) atoms. The first-order valence-electron chi connectivity index (χ1n) is 2.63. The quantitative estimate of drug-likeness (QED) is 0.528. The van der Waals surface area contributed by atoms with E-state index in [-0.39, 0.29) is 0 Å². The molecule has 0 aliphatic carbocycles. The monoisotopic (exact) mass is 158 g/mol. The van der Waals surface area contributed by atoms with Crippen molar-refractivity contribution in [2.45, 2.75) is 0 Å². The molecule has 0 radical (unpaired) electrons. The van der Waals surface area contributed by atoms with Gasteiger partial charge in [-0.25, -0.2) is 9.37 Å². The summed E-state index contributed by atoms with van der Waals surface area (Å²) in [5.74, 6) is -4.21. The van der Waals surface area contributed by atoms with Crippen molar-refractivity contribution in [3.63, 3.8) is 0 Å². The van der Waals surface area contributed by atoms with Crippen LogP contribution in [-0.2, 0) is 0 Å². The SMILES string of the molecule is O=C([O-])c1cnc(F)c(F)c1. The highest BCUT2D eigenvalue weighted by atomic mass is 19.2. The molecular formula is C6H2F2NO2-. The van der Waals surface area contributed by atoms with E-state index in [0.29, 0.717) is 12.3 Å². The zero-order valence-electron chi connectivity index (χ0n) is 5.17. The Balaban J connectivity index is 3.15. The lowest BCUT2D eigenvalue weighted by atomic mass is 10.3. The summed E-state index contributed by atoms with van der Waals surface area (Å²) in [6.07, 6.45) is 0.688. The fourth-order valence-electron chi connectivity index (χ4n) is 0.533. The molecule has 0 aromatic carbocycles. The molecule has 0 bridgehead atoms. The summed E-state index contributed by atoms with van der Waals surface area (Å²) in [4.78, 5) is 12.9. The van der Waals surface area contributed by atoms with Gasteiger partial charge in [-0.15, -0.1) is 0 Å². The Morgan fingerprint density at radius 3 is 2.64 bits per heavy atom. The second-order valence-electron chi connectivity index (χ2n) is 1.78. The Bertz CT molecular complexity index is 301. The van der Waals surface area contributed by atoms with E-state index in [4.69, 9.17) is 0 Å². The molecule has 0 N–H and O–H groups in total. The summed E-state index contributed by atoms with van der Waals surface area (Å²) in [6, 6.07) is 0.512. The van der Waals surface area contributed by atoms with Gasteiger partial charge < -0.3 is 9.90 Å². The number of carboxylic acids is 1. The van der Waals surface area contributed by atoms with Crippen molar-refractivity contribution in [1.29, 1.82) is 0 Å². The topological polar surface area (TPSA) is 53.0 Å². The molecule has 5 heteroatoms. The van der Waals surface area contributed by atoms with Crippen LogP contribution in [0, 0.1) is 11.8 Å². The van der Waals surface area contributed by atoms with Gasteiger partial charge in [-0.3, -0.25) is 0 Å². The van der Waals surface area contributed by atoms with Crippen molar-refractivity contribution >= 4 is 5.97 Å². The van der Waals surface area contributed by atoms with Gasteiger partial charge in [0.05, 0.1) is 5.97 Å². The second kappa shape index (κ2) is 2.61. The number of pyridine rings is 1. The Labute approximate surface area is 60.3 Å². The zero-order valence-corrected chi connectivity index (χ0v) is 5.17. The van der Waals surface area contributed by atoms with Gasteiger partial charge in [0.2, 0.25) is 5.95 Å². The molecule has 3 nitrogen and oxygen atoms in total. The lowest BCUT2D eigenvalue weighted by Gasteiger charge is -1.99. The van der Waals surface area contributed by atoms with E-state index in [2.05, 4.69) is 4.98 Å². The van der Waals surface area contributed by atoms with Crippen molar-refractivity contribution < 1.29 is 18.7 Å². The van der Waals surface area contributed by atoms with Crippen molar-refractivity contribution in [1.82, 2.24) is 4.98 Å². The number of aromatic carboxylic acids is 1. The summed E-state index contributed by atoms with van der Waals surface area (Å²) in [5, 5.41) is 10.0. The van der Waals surface area contributed by atoms with Gasteiger partial charge >= 0.3 is 0 Å². The minimum Gasteiger partial charge on any atom is -0.545 e. The molecule has 1 aromatic rings. The van der Waals surface area contributed by atoms with E-state index in [1.807, 2.05) is 0 Å². The number of halogens is 2. The highest BCUT2D eigenvalue weighted by Gasteiger charge is 2.03. The normalized spacial score (nSPS) is 9.64. The molecule has 0 unspecified atom stereocenters. The molecule has 1 heterocycles. The summed E-state index contributed by atoms with van der Waals surface area (Å²) < 4.78 is 24.3. The van der Waals surface area contributed by atoms with E-state index < -0.39 is 23.3 Å². The lowest BCUT2D eigenvalue weighted by Crippen LogP contribution is -2.22. The number of hydrogen-bond donors (Lipinski definition) is 0. The van der Waals surface area contributed by atoms with Crippen LogP contribution in [0.3, 0.4) is 0 Å². The van der Waals surface area contributed by atoms with Crippen LogP contribution in [0.1, 0.15) is 10.4 Å². The first-order valence-corrected chi connectivity index (χ1v) is 2.63. The number of hydrogen-bond acceptors (Lipinski definition) is 3. The van der Waals surface area contributed by atoms with Crippen molar-refractivity contribution in [2.24, 2.45) is 0 Å².